The molecule has 5 heteroatoms. The van der Waals surface area contributed by atoms with Crippen LogP contribution in [0.3, 0.4) is 0 Å². The zero-order valence-electron chi connectivity index (χ0n) is 23.7. The van der Waals surface area contributed by atoms with E-state index in [0.717, 1.165) is 49.7 Å². The summed E-state index contributed by atoms with van der Waals surface area (Å²) >= 11 is 0. The summed E-state index contributed by atoms with van der Waals surface area (Å²) in [4.78, 5) is 23.9. The van der Waals surface area contributed by atoms with Gasteiger partial charge >= 0.3 is 0 Å². The third-order valence-corrected chi connectivity index (χ3v) is 7.83. The van der Waals surface area contributed by atoms with Gasteiger partial charge in [0.1, 0.15) is 0 Å². The molecule has 206 valence electrons. The maximum absolute atomic E-state index is 5.08. The largest absolute Gasteiger partial charge is 0.264 e. The molecular formula is C39H25N5. The molecule has 0 unspecified atom stereocenters. The van der Waals surface area contributed by atoms with Gasteiger partial charge in [-0.1, -0.05) is 84.9 Å². The van der Waals surface area contributed by atoms with Crippen LogP contribution < -0.4 is 0 Å². The zero-order chi connectivity index (χ0) is 29.3. The second-order valence-electron chi connectivity index (χ2n) is 10.7. The first-order valence-electron chi connectivity index (χ1n) is 14.5. The quantitative estimate of drug-likeness (QED) is 0.209. The molecule has 0 amide bonds. The number of fused-ring (bicyclic) bond motifs is 2. The van der Waals surface area contributed by atoms with Gasteiger partial charge < -0.3 is 0 Å². The highest BCUT2D eigenvalue weighted by molar-refractivity contribution is 5.88. The van der Waals surface area contributed by atoms with E-state index in [9.17, 15) is 0 Å². The summed E-state index contributed by atoms with van der Waals surface area (Å²) in [6.07, 6.45) is 7.32. The van der Waals surface area contributed by atoms with Crippen molar-refractivity contribution in [3.05, 3.63) is 152 Å². The Kier molecular flexibility index (Phi) is 6.39. The fourth-order valence-corrected chi connectivity index (χ4v) is 5.58. The highest BCUT2D eigenvalue weighted by Gasteiger charge is 2.15. The van der Waals surface area contributed by atoms with Gasteiger partial charge in [0.15, 0.2) is 17.5 Å². The van der Waals surface area contributed by atoms with Gasteiger partial charge in [0.25, 0.3) is 0 Å². The molecule has 0 aliphatic carbocycles. The van der Waals surface area contributed by atoms with Crippen LogP contribution in [0, 0.1) is 0 Å². The van der Waals surface area contributed by atoms with Crippen LogP contribution in [0.1, 0.15) is 0 Å². The lowest BCUT2D eigenvalue weighted by molar-refractivity contribution is 1.08. The lowest BCUT2D eigenvalue weighted by Gasteiger charge is -2.12. The normalized spacial score (nSPS) is 11.2. The highest BCUT2D eigenvalue weighted by atomic mass is 15.0. The minimum absolute atomic E-state index is 0.599. The molecule has 3 aromatic heterocycles. The Hall–Kier alpha value is -6.07. The topological polar surface area (TPSA) is 64.5 Å². The molecule has 0 bridgehead atoms. The van der Waals surface area contributed by atoms with E-state index >= 15 is 0 Å². The molecule has 0 spiro atoms. The molecule has 5 nitrogen and oxygen atoms in total. The SMILES string of the molecule is c1cncc(-c2cc(-c3cccnc3)cc(-c3nc(-c4ccc5ccccc5c4)nc(-c4ccc5ccccc5c4)n3)c2)c1. The van der Waals surface area contributed by atoms with E-state index in [1.807, 2.05) is 24.5 Å². The molecule has 0 saturated carbocycles. The Labute approximate surface area is 254 Å². The molecule has 44 heavy (non-hydrogen) atoms. The van der Waals surface area contributed by atoms with Gasteiger partial charge in [0.05, 0.1) is 0 Å². The first-order valence-corrected chi connectivity index (χ1v) is 14.5. The van der Waals surface area contributed by atoms with Gasteiger partial charge in [0, 0.05) is 52.6 Å². The third kappa shape index (κ3) is 4.97. The van der Waals surface area contributed by atoms with Crippen molar-refractivity contribution < 1.29 is 0 Å². The Morgan fingerprint density at radius 1 is 0.295 bits per heavy atom. The first kappa shape index (κ1) is 25.6. The molecule has 0 aliphatic heterocycles. The van der Waals surface area contributed by atoms with Crippen molar-refractivity contribution in [2.75, 3.05) is 0 Å². The molecule has 5 aromatic carbocycles. The van der Waals surface area contributed by atoms with Crippen molar-refractivity contribution in [2.45, 2.75) is 0 Å². The van der Waals surface area contributed by atoms with E-state index in [1.54, 1.807) is 12.4 Å². The first-order chi connectivity index (χ1) is 21.8. The van der Waals surface area contributed by atoms with E-state index in [2.05, 4.69) is 125 Å². The monoisotopic (exact) mass is 563 g/mol. The van der Waals surface area contributed by atoms with Gasteiger partial charge in [-0.25, -0.2) is 15.0 Å². The number of nitrogens with zero attached hydrogens (tertiary/aromatic N) is 5. The number of rotatable bonds is 5. The maximum atomic E-state index is 5.08. The van der Waals surface area contributed by atoms with E-state index in [-0.39, 0.29) is 0 Å². The smallest absolute Gasteiger partial charge is 0.164 e. The summed E-state index contributed by atoms with van der Waals surface area (Å²) < 4.78 is 0. The predicted octanol–water partition coefficient (Wildman–Crippen LogP) is 9.30. The van der Waals surface area contributed by atoms with Crippen molar-refractivity contribution >= 4 is 21.5 Å². The Morgan fingerprint density at radius 2 is 0.727 bits per heavy atom. The van der Waals surface area contributed by atoms with Crippen LogP contribution in [0.5, 0.6) is 0 Å². The van der Waals surface area contributed by atoms with Crippen LogP contribution in [0.4, 0.5) is 0 Å². The molecule has 0 saturated heterocycles. The predicted molar refractivity (Wildman–Crippen MR) is 178 cm³/mol. The molecule has 0 radical (unpaired) electrons. The fourth-order valence-electron chi connectivity index (χ4n) is 5.58. The van der Waals surface area contributed by atoms with Crippen LogP contribution in [0.15, 0.2) is 152 Å². The third-order valence-electron chi connectivity index (χ3n) is 7.83. The number of aromatic nitrogens is 5. The second-order valence-corrected chi connectivity index (χ2v) is 10.7. The molecule has 8 rings (SSSR count). The van der Waals surface area contributed by atoms with Gasteiger partial charge in [-0.3, -0.25) is 9.97 Å². The van der Waals surface area contributed by atoms with E-state index in [1.165, 1.54) is 10.8 Å². The minimum atomic E-state index is 0.599. The summed E-state index contributed by atoms with van der Waals surface area (Å²) in [7, 11) is 0. The van der Waals surface area contributed by atoms with Gasteiger partial charge in [-0.2, -0.15) is 0 Å². The second kappa shape index (κ2) is 11.0. The molecule has 0 N–H and O–H groups in total. The number of pyridine rings is 2. The van der Waals surface area contributed by atoms with Crippen molar-refractivity contribution in [1.82, 2.24) is 24.9 Å². The number of benzene rings is 5. The molecule has 3 heterocycles. The average molecular weight is 564 g/mol. The number of hydrogen-bond donors (Lipinski definition) is 0. The standard InChI is InChI=1S/C39H25N5/c1-3-9-28-19-30(15-13-26(28)7-1)37-42-38(31-16-14-27-8-2-4-10-29(27)20-31)44-39(43-37)36-22-34(32-11-5-17-40-24-32)21-35(23-36)33-12-6-18-41-25-33/h1-25H. The summed E-state index contributed by atoms with van der Waals surface area (Å²) in [5.74, 6) is 1.85. The van der Waals surface area contributed by atoms with Gasteiger partial charge in [-0.15, -0.1) is 0 Å². The van der Waals surface area contributed by atoms with E-state index < -0.39 is 0 Å². The number of hydrogen-bond acceptors (Lipinski definition) is 5. The Morgan fingerprint density at radius 3 is 1.18 bits per heavy atom. The summed E-state index contributed by atoms with van der Waals surface area (Å²) in [5, 5.41) is 4.62. The summed E-state index contributed by atoms with van der Waals surface area (Å²) in [6.45, 7) is 0. The Bertz CT molecular complexity index is 2130. The Balaban J connectivity index is 1.36. The molecule has 8 aromatic rings. The lowest BCUT2D eigenvalue weighted by Crippen LogP contribution is -2.01. The van der Waals surface area contributed by atoms with E-state index in [4.69, 9.17) is 15.0 Å². The van der Waals surface area contributed by atoms with Crippen LogP contribution in [0.25, 0.3) is 78.0 Å². The van der Waals surface area contributed by atoms with Crippen LogP contribution >= 0.6 is 0 Å². The molecule has 0 atom stereocenters. The van der Waals surface area contributed by atoms with Gasteiger partial charge in [0.2, 0.25) is 0 Å². The molecular weight excluding hydrogens is 538 g/mol. The summed E-state index contributed by atoms with van der Waals surface area (Å²) in [5.41, 5.74) is 6.83. The maximum Gasteiger partial charge on any atom is 0.164 e. The zero-order valence-corrected chi connectivity index (χ0v) is 23.7. The van der Waals surface area contributed by atoms with Crippen molar-refractivity contribution in [1.29, 1.82) is 0 Å². The fraction of sp³-hybridized carbons (Fsp3) is 0. The minimum Gasteiger partial charge on any atom is -0.264 e. The lowest BCUT2D eigenvalue weighted by atomic mass is 9.97. The average Bonchev–Trinajstić information content (AvgIpc) is 3.11. The van der Waals surface area contributed by atoms with Crippen LogP contribution in [0.2, 0.25) is 0 Å². The van der Waals surface area contributed by atoms with Crippen molar-refractivity contribution in [3.63, 3.8) is 0 Å². The highest BCUT2D eigenvalue weighted by Crippen LogP contribution is 2.33. The molecule has 0 aliphatic rings. The summed E-state index contributed by atoms with van der Waals surface area (Å²) in [6, 6.07) is 43.8. The molecule has 0 fully saturated rings. The van der Waals surface area contributed by atoms with E-state index in [0.29, 0.717) is 17.5 Å². The van der Waals surface area contributed by atoms with Crippen LogP contribution in [-0.2, 0) is 0 Å². The van der Waals surface area contributed by atoms with Gasteiger partial charge in [-0.05, 0) is 75.1 Å². The van der Waals surface area contributed by atoms with Crippen molar-refractivity contribution in [3.8, 4) is 56.4 Å². The van der Waals surface area contributed by atoms with Crippen molar-refractivity contribution in [2.24, 2.45) is 0 Å². The van der Waals surface area contributed by atoms with Crippen LogP contribution in [-0.4, -0.2) is 24.9 Å².